The van der Waals surface area contributed by atoms with Crippen LogP contribution in [0.15, 0.2) is 6.07 Å². The van der Waals surface area contributed by atoms with E-state index >= 15 is 0 Å². The molecule has 0 spiro atoms. The summed E-state index contributed by atoms with van der Waals surface area (Å²) < 4.78 is 5.42. The lowest BCUT2D eigenvalue weighted by Crippen LogP contribution is -2.46. The van der Waals surface area contributed by atoms with Gasteiger partial charge < -0.3 is 14.7 Å². The van der Waals surface area contributed by atoms with Crippen LogP contribution in [-0.2, 0) is 4.74 Å². The highest BCUT2D eigenvalue weighted by molar-refractivity contribution is 6.28. The normalized spacial score (nSPS) is 20.6. The van der Waals surface area contributed by atoms with Crippen LogP contribution in [0.25, 0.3) is 0 Å². The molecular weight excluding hydrogens is 242 g/mol. The second-order valence-electron chi connectivity index (χ2n) is 4.07. The molecule has 1 aromatic heterocycles. The topological polar surface area (TPSA) is 58.5 Å². The standard InChI is InChI=1S/C11H16ClN3O2/c1-8-6-10(14-11(12)13-8)15-3-5-17-7-9(15)2-4-16/h6,9,16H,2-5,7H2,1H3/t9-/m1/s1. The van der Waals surface area contributed by atoms with E-state index in [0.717, 1.165) is 18.1 Å². The summed E-state index contributed by atoms with van der Waals surface area (Å²) in [5, 5.41) is 9.31. The third-order valence-electron chi connectivity index (χ3n) is 2.80. The number of morpholine rings is 1. The zero-order valence-electron chi connectivity index (χ0n) is 9.77. The average molecular weight is 258 g/mol. The number of halogens is 1. The number of aromatic nitrogens is 2. The first-order chi connectivity index (χ1) is 8.20. The van der Waals surface area contributed by atoms with Crippen molar-refractivity contribution in [2.24, 2.45) is 0 Å². The highest BCUT2D eigenvalue weighted by Gasteiger charge is 2.24. The molecule has 1 aromatic rings. The quantitative estimate of drug-likeness (QED) is 0.820. The van der Waals surface area contributed by atoms with E-state index in [2.05, 4.69) is 14.9 Å². The number of aliphatic hydroxyl groups excluding tert-OH is 1. The van der Waals surface area contributed by atoms with Crippen LogP contribution in [0, 0.1) is 6.92 Å². The number of ether oxygens (including phenoxy) is 1. The maximum atomic E-state index is 9.05. The average Bonchev–Trinajstić information content (AvgIpc) is 2.29. The van der Waals surface area contributed by atoms with Crippen molar-refractivity contribution < 1.29 is 9.84 Å². The molecule has 94 valence electrons. The number of hydrogen-bond acceptors (Lipinski definition) is 5. The van der Waals surface area contributed by atoms with Gasteiger partial charge in [0.15, 0.2) is 0 Å². The highest BCUT2D eigenvalue weighted by Crippen LogP contribution is 2.21. The molecule has 0 amide bonds. The van der Waals surface area contributed by atoms with Gasteiger partial charge in [-0.15, -0.1) is 0 Å². The van der Waals surface area contributed by atoms with Crippen LogP contribution in [0.1, 0.15) is 12.1 Å². The fourth-order valence-electron chi connectivity index (χ4n) is 2.01. The summed E-state index contributed by atoms with van der Waals surface area (Å²) >= 11 is 5.86. The summed E-state index contributed by atoms with van der Waals surface area (Å²) in [4.78, 5) is 10.4. The summed E-state index contributed by atoms with van der Waals surface area (Å²) in [6.07, 6.45) is 0.667. The molecule has 0 bridgehead atoms. The Morgan fingerprint density at radius 1 is 1.59 bits per heavy atom. The maximum Gasteiger partial charge on any atom is 0.224 e. The van der Waals surface area contributed by atoms with Crippen molar-refractivity contribution in [2.75, 3.05) is 31.3 Å². The Morgan fingerprint density at radius 2 is 2.41 bits per heavy atom. The van der Waals surface area contributed by atoms with Gasteiger partial charge in [0, 0.05) is 24.9 Å². The molecule has 1 saturated heterocycles. The number of aryl methyl sites for hydroxylation is 1. The van der Waals surface area contributed by atoms with Gasteiger partial charge in [-0.3, -0.25) is 0 Å². The number of aliphatic hydroxyl groups is 1. The van der Waals surface area contributed by atoms with Gasteiger partial charge in [-0.25, -0.2) is 9.97 Å². The Morgan fingerprint density at radius 3 is 3.12 bits per heavy atom. The number of nitrogens with zero attached hydrogens (tertiary/aromatic N) is 3. The van der Waals surface area contributed by atoms with Crippen LogP contribution in [0.5, 0.6) is 0 Å². The van der Waals surface area contributed by atoms with Crippen LogP contribution in [0.3, 0.4) is 0 Å². The van der Waals surface area contributed by atoms with Crippen LogP contribution in [0.2, 0.25) is 5.28 Å². The third-order valence-corrected chi connectivity index (χ3v) is 2.97. The van der Waals surface area contributed by atoms with Crippen molar-refractivity contribution in [1.29, 1.82) is 0 Å². The van der Waals surface area contributed by atoms with Crippen LogP contribution < -0.4 is 4.90 Å². The molecule has 0 saturated carbocycles. The molecule has 1 atom stereocenters. The molecule has 1 aliphatic rings. The van der Waals surface area contributed by atoms with E-state index < -0.39 is 0 Å². The molecule has 0 radical (unpaired) electrons. The van der Waals surface area contributed by atoms with Crippen LogP contribution in [0.4, 0.5) is 5.82 Å². The van der Waals surface area contributed by atoms with Gasteiger partial charge in [0.05, 0.1) is 19.3 Å². The predicted molar refractivity (Wildman–Crippen MR) is 65.4 cm³/mol. The molecule has 0 unspecified atom stereocenters. The first-order valence-electron chi connectivity index (χ1n) is 5.67. The minimum atomic E-state index is 0.141. The molecule has 2 heterocycles. The van der Waals surface area contributed by atoms with E-state index in [4.69, 9.17) is 21.4 Å². The van der Waals surface area contributed by atoms with Crippen molar-refractivity contribution in [2.45, 2.75) is 19.4 Å². The van der Waals surface area contributed by atoms with E-state index in [9.17, 15) is 0 Å². The lowest BCUT2D eigenvalue weighted by atomic mass is 10.1. The summed E-state index contributed by atoms with van der Waals surface area (Å²) in [5.41, 5.74) is 0.842. The van der Waals surface area contributed by atoms with Crippen molar-refractivity contribution in [3.8, 4) is 0 Å². The molecule has 2 rings (SSSR count). The second-order valence-corrected chi connectivity index (χ2v) is 4.41. The molecule has 6 heteroatoms. The molecule has 17 heavy (non-hydrogen) atoms. The fourth-order valence-corrected chi connectivity index (χ4v) is 2.23. The SMILES string of the molecule is Cc1cc(N2CCOC[C@H]2CCO)nc(Cl)n1. The van der Waals surface area contributed by atoms with E-state index in [1.165, 1.54) is 0 Å². The van der Waals surface area contributed by atoms with E-state index in [-0.39, 0.29) is 17.9 Å². The maximum absolute atomic E-state index is 9.05. The monoisotopic (exact) mass is 257 g/mol. The molecule has 1 fully saturated rings. The first kappa shape index (κ1) is 12.5. The summed E-state index contributed by atoms with van der Waals surface area (Å²) in [5.74, 6) is 0.809. The zero-order chi connectivity index (χ0) is 12.3. The molecule has 1 aliphatic heterocycles. The molecule has 5 nitrogen and oxygen atoms in total. The Hall–Kier alpha value is -0.910. The number of anilines is 1. The Kier molecular flexibility index (Phi) is 4.15. The predicted octanol–water partition coefficient (Wildman–Crippen LogP) is 1.03. The Bertz CT molecular complexity index is 367. The van der Waals surface area contributed by atoms with Crippen molar-refractivity contribution in [3.63, 3.8) is 0 Å². The van der Waals surface area contributed by atoms with E-state index in [1.54, 1.807) is 0 Å². The van der Waals surface area contributed by atoms with E-state index in [1.807, 2.05) is 13.0 Å². The second kappa shape index (κ2) is 5.62. The first-order valence-corrected chi connectivity index (χ1v) is 6.05. The van der Waals surface area contributed by atoms with Gasteiger partial charge in [0.1, 0.15) is 5.82 Å². The van der Waals surface area contributed by atoms with Crippen molar-refractivity contribution in [1.82, 2.24) is 9.97 Å². The van der Waals surface area contributed by atoms with Gasteiger partial charge in [0.25, 0.3) is 0 Å². The summed E-state index contributed by atoms with van der Waals surface area (Å²) in [6, 6.07) is 2.06. The third kappa shape index (κ3) is 3.06. The lowest BCUT2D eigenvalue weighted by molar-refractivity contribution is 0.0845. The largest absolute Gasteiger partial charge is 0.396 e. The minimum Gasteiger partial charge on any atom is -0.396 e. The zero-order valence-corrected chi connectivity index (χ0v) is 10.5. The summed E-state index contributed by atoms with van der Waals surface area (Å²) in [7, 11) is 0. The lowest BCUT2D eigenvalue weighted by Gasteiger charge is -2.36. The Balaban J connectivity index is 2.22. The van der Waals surface area contributed by atoms with Gasteiger partial charge >= 0.3 is 0 Å². The number of hydrogen-bond donors (Lipinski definition) is 1. The van der Waals surface area contributed by atoms with E-state index in [0.29, 0.717) is 19.6 Å². The highest BCUT2D eigenvalue weighted by atomic mass is 35.5. The van der Waals surface area contributed by atoms with Crippen LogP contribution in [-0.4, -0.2) is 47.5 Å². The van der Waals surface area contributed by atoms with Gasteiger partial charge in [-0.05, 0) is 24.9 Å². The molecule has 1 N–H and O–H groups in total. The smallest absolute Gasteiger partial charge is 0.224 e. The Labute approximate surface area is 105 Å². The van der Waals surface area contributed by atoms with Crippen molar-refractivity contribution >= 4 is 17.4 Å². The molecular formula is C11H16ClN3O2. The van der Waals surface area contributed by atoms with Crippen LogP contribution >= 0.6 is 11.6 Å². The molecule has 0 aliphatic carbocycles. The molecule has 0 aromatic carbocycles. The van der Waals surface area contributed by atoms with Gasteiger partial charge in [-0.1, -0.05) is 0 Å². The summed E-state index contributed by atoms with van der Waals surface area (Å²) in [6.45, 7) is 4.07. The minimum absolute atomic E-state index is 0.141. The van der Waals surface area contributed by atoms with Gasteiger partial charge in [-0.2, -0.15) is 0 Å². The fraction of sp³-hybridized carbons (Fsp3) is 0.636. The van der Waals surface area contributed by atoms with Gasteiger partial charge in [0.2, 0.25) is 5.28 Å². The van der Waals surface area contributed by atoms with Crippen molar-refractivity contribution in [3.05, 3.63) is 17.0 Å². The number of rotatable bonds is 3.